The van der Waals surface area contributed by atoms with Gasteiger partial charge in [-0.25, -0.2) is 0 Å². The summed E-state index contributed by atoms with van der Waals surface area (Å²) >= 11 is 0. The highest BCUT2D eigenvalue weighted by Gasteiger charge is 2.17. The minimum atomic E-state index is -0.641. The molecule has 1 atom stereocenters. The highest BCUT2D eigenvalue weighted by atomic mass is 16.5. The molecule has 1 aliphatic heterocycles. The number of nitrogens with two attached hydrogens (primary N) is 1. The number of ether oxygens (including phenoxy) is 1. The van der Waals surface area contributed by atoms with Crippen molar-refractivity contribution in [2.75, 3.05) is 32.0 Å². The van der Waals surface area contributed by atoms with E-state index in [2.05, 4.69) is 15.0 Å². The Hall–Kier alpha value is -1.86. The largest absolute Gasteiger partial charge is 0.472 e. The number of aromatic nitrogens is 1. The van der Waals surface area contributed by atoms with E-state index in [1.165, 1.54) is 25.5 Å². The number of hydrogen-bond acceptors (Lipinski definition) is 7. The SMILES string of the molecule is Nc1ccncc1C(=NO)OCC(O)CN1CCCCC1. The second kappa shape index (κ2) is 7.80. The first-order chi connectivity index (χ1) is 10.2. The van der Waals surface area contributed by atoms with E-state index in [4.69, 9.17) is 15.7 Å². The van der Waals surface area contributed by atoms with Crippen LogP contribution >= 0.6 is 0 Å². The molecule has 0 amide bonds. The third kappa shape index (κ3) is 4.57. The van der Waals surface area contributed by atoms with E-state index in [9.17, 15) is 5.11 Å². The lowest BCUT2D eigenvalue weighted by atomic mass is 10.1. The predicted molar refractivity (Wildman–Crippen MR) is 79.2 cm³/mol. The molecular weight excluding hydrogens is 272 g/mol. The van der Waals surface area contributed by atoms with Gasteiger partial charge in [-0.2, -0.15) is 0 Å². The first kappa shape index (κ1) is 15.5. The molecule has 7 nitrogen and oxygen atoms in total. The van der Waals surface area contributed by atoms with Crippen molar-refractivity contribution in [1.29, 1.82) is 0 Å². The Kier molecular flexibility index (Phi) is 5.77. The minimum Gasteiger partial charge on any atom is -0.472 e. The zero-order valence-corrected chi connectivity index (χ0v) is 12.0. The fourth-order valence-corrected chi connectivity index (χ4v) is 2.41. The Morgan fingerprint density at radius 3 is 2.86 bits per heavy atom. The lowest BCUT2D eigenvalue weighted by Gasteiger charge is -2.28. The van der Waals surface area contributed by atoms with Gasteiger partial charge >= 0.3 is 0 Å². The van der Waals surface area contributed by atoms with Gasteiger partial charge in [-0.3, -0.25) is 4.98 Å². The number of likely N-dealkylation sites (tertiary alicyclic amines) is 1. The van der Waals surface area contributed by atoms with Crippen molar-refractivity contribution in [3.8, 4) is 0 Å². The maximum atomic E-state index is 10.0. The van der Waals surface area contributed by atoms with E-state index >= 15 is 0 Å². The van der Waals surface area contributed by atoms with Crippen LogP contribution in [0.3, 0.4) is 0 Å². The van der Waals surface area contributed by atoms with Gasteiger partial charge in [-0.15, -0.1) is 0 Å². The summed E-state index contributed by atoms with van der Waals surface area (Å²) in [6.07, 6.45) is 5.95. The first-order valence-corrected chi connectivity index (χ1v) is 7.16. The zero-order chi connectivity index (χ0) is 15.1. The van der Waals surface area contributed by atoms with Gasteiger partial charge in [0.05, 0.1) is 5.56 Å². The Morgan fingerprint density at radius 2 is 2.19 bits per heavy atom. The molecule has 0 radical (unpaired) electrons. The van der Waals surface area contributed by atoms with Gasteiger partial charge in [-0.05, 0) is 37.2 Å². The van der Waals surface area contributed by atoms with E-state index in [-0.39, 0.29) is 12.5 Å². The Balaban J connectivity index is 1.84. The summed E-state index contributed by atoms with van der Waals surface area (Å²) in [5.41, 5.74) is 6.58. The van der Waals surface area contributed by atoms with Crippen molar-refractivity contribution in [2.24, 2.45) is 5.16 Å². The number of aliphatic hydroxyl groups is 1. The number of pyridine rings is 1. The average molecular weight is 294 g/mol. The van der Waals surface area contributed by atoms with Gasteiger partial charge in [0.15, 0.2) is 0 Å². The summed E-state index contributed by atoms with van der Waals surface area (Å²) in [5.74, 6) is -0.0294. The van der Waals surface area contributed by atoms with Crippen molar-refractivity contribution in [3.63, 3.8) is 0 Å². The first-order valence-electron chi connectivity index (χ1n) is 7.16. The Morgan fingerprint density at radius 1 is 1.43 bits per heavy atom. The van der Waals surface area contributed by atoms with Crippen LogP contribution in [0.25, 0.3) is 0 Å². The Labute approximate surface area is 124 Å². The minimum absolute atomic E-state index is 0.0294. The predicted octanol–water partition coefficient (Wildman–Crippen LogP) is 0.663. The summed E-state index contributed by atoms with van der Waals surface area (Å²) in [6.45, 7) is 2.62. The van der Waals surface area contributed by atoms with E-state index in [1.54, 1.807) is 12.3 Å². The van der Waals surface area contributed by atoms with Crippen LogP contribution in [0.1, 0.15) is 24.8 Å². The van der Waals surface area contributed by atoms with Crippen LogP contribution in [0.15, 0.2) is 23.6 Å². The quantitative estimate of drug-likeness (QED) is 0.319. The van der Waals surface area contributed by atoms with Crippen molar-refractivity contribution < 1.29 is 15.1 Å². The van der Waals surface area contributed by atoms with Crippen LogP contribution in [-0.2, 0) is 4.74 Å². The molecule has 1 aromatic rings. The molecule has 1 saturated heterocycles. The van der Waals surface area contributed by atoms with Crippen LogP contribution in [0.2, 0.25) is 0 Å². The molecule has 4 N–H and O–H groups in total. The molecule has 1 fully saturated rings. The van der Waals surface area contributed by atoms with Gasteiger partial charge in [0.25, 0.3) is 5.90 Å². The maximum absolute atomic E-state index is 10.0. The third-order valence-corrected chi connectivity index (χ3v) is 3.51. The smallest absolute Gasteiger partial charge is 0.261 e. The number of anilines is 1. The maximum Gasteiger partial charge on any atom is 0.261 e. The molecule has 7 heteroatoms. The van der Waals surface area contributed by atoms with Crippen molar-refractivity contribution in [2.45, 2.75) is 25.4 Å². The lowest BCUT2D eigenvalue weighted by Crippen LogP contribution is -2.38. The lowest BCUT2D eigenvalue weighted by molar-refractivity contribution is 0.0565. The average Bonchev–Trinajstić information content (AvgIpc) is 2.50. The molecule has 2 heterocycles. The second-order valence-electron chi connectivity index (χ2n) is 5.19. The topological polar surface area (TPSA) is 104 Å². The summed E-state index contributed by atoms with van der Waals surface area (Å²) < 4.78 is 5.36. The number of nitrogens with zero attached hydrogens (tertiary/aromatic N) is 3. The monoisotopic (exact) mass is 294 g/mol. The van der Waals surface area contributed by atoms with E-state index in [0.29, 0.717) is 17.8 Å². The molecule has 0 spiro atoms. The molecule has 0 aliphatic carbocycles. The number of hydrogen-bond donors (Lipinski definition) is 3. The number of piperidine rings is 1. The standard InChI is InChI=1S/C14H22N4O3/c15-13-4-5-16-8-12(13)14(17-20)21-10-11(19)9-18-6-2-1-3-7-18/h4-5,8,11,19-20H,1-3,6-7,9-10H2,(H2,15,16). The Bertz CT molecular complexity index is 475. The molecular formula is C14H22N4O3. The molecule has 1 unspecified atom stereocenters. The van der Waals surface area contributed by atoms with E-state index in [1.807, 2.05) is 0 Å². The van der Waals surface area contributed by atoms with Crippen molar-refractivity contribution >= 4 is 11.6 Å². The fourth-order valence-electron chi connectivity index (χ4n) is 2.41. The molecule has 0 aromatic carbocycles. The van der Waals surface area contributed by atoms with Gasteiger partial charge in [0.2, 0.25) is 0 Å². The van der Waals surface area contributed by atoms with Gasteiger partial charge in [0.1, 0.15) is 12.7 Å². The van der Waals surface area contributed by atoms with Crippen LogP contribution in [-0.4, -0.2) is 58.4 Å². The van der Waals surface area contributed by atoms with Gasteiger partial charge < -0.3 is 25.7 Å². The van der Waals surface area contributed by atoms with Gasteiger partial charge in [-0.1, -0.05) is 6.42 Å². The van der Waals surface area contributed by atoms with Crippen LogP contribution in [0.4, 0.5) is 5.69 Å². The van der Waals surface area contributed by atoms with Crippen molar-refractivity contribution in [3.05, 3.63) is 24.0 Å². The molecule has 116 valence electrons. The second-order valence-corrected chi connectivity index (χ2v) is 5.19. The number of oxime groups is 1. The molecule has 21 heavy (non-hydrogen) atoms. The molecule has 2 rings (SSSR count). The normalized spacial score (nSPS) is 18.4. The number of aliphatic hydroxyl groups excluding tert-OH is 1. The van der Waals surface area contributed by atoms with Gasteiger partial charge in [0, 0.05) is 24.6 Å². The van der Waals surface area contributed by atoms with Crippen molar-refractivity contribution in [1.82, 2.24) is 9.88 Å². The van der Waals surface area contributed by atoms with Crippen LogP contribution < -0.4 is 5.73 Å². The number of β-amino-alcohol motifs (C(OH)–C–C–N with tert-alkyl or cyclic N) is 1. The number of rotatable bonds is 5. The third-order valence-electron chi connectivity index (χ3n) is 3.51. The molecule has 0 saturated carbocycles. The molecule has 1 aromatic heterocycles. The molecule has 1 aliphatic rings. The van der Waals surface area contributed by atoms with Crippen LogP contribution in [0, 0.1) is 0 Å². The summed E-state index contributed by atoms with van der Waals surface area (Å²) in [5, 5.41) is 22.1. The fraction of sp³-hybridized carbons (Fsp3) is 0.571. The highest BCUT2D eigenvalue weighted by Crippen LogP contribution is 2.12. The summed E-state index contributed by atoms with van der Waals surface area (Å²) in [6, 6.07) is 1.59. The highest BCUT2D eigenvalue weighted by molar-refractivity contribution is 5.98. The summed E-state index contributed by atoms with van der Waals surface area (Å²) in [4.78, 5) is 6.13. The van der Waals surface area contributed by atoms with E-state index < -0.39 is 6.10 Å². The summed E-state index contributed by atoms with van der Waals surface area (Å²) in [7, 11) is 0. The van der Waals surface area contributed by atoms with E-state index in [0.717, 1.165) is 13.1 Å². The number of nitrogen functional groups attached to an aromatic ring is 1. The zero-order valence-electron chi connectivity index (χ0n) is 12.0. The molecule has 0 bridgehead atoms. The van der Waals surface area contributed by atoms with Crippen LogP contribution in [0.5, 0.6) is 0 Å².